The lowest BCUT2D eigenvalue weighted by Crippen LogP contribution is -2.13. The van der Waals surface area contributed by atoms with E-state index in [0.29, 0.717) is 33.8 Å². The Balaban J connectivity index is 1.05. The second kappa shape index (κ2) is 20.0. The van der Waals surface area contributed by atoms with Gasteiger partial charge in [-0.05, 0) is 125 Å². The summed E-state index contributed by atoms with van der Waals surface area (Å²) in [5.41, 5.74) is 7.75. The number of benzene rings is 6. The van der Waals surface area contributed by atoms with E-state index in [2.05, 4.69) is 0 Å². The molecule has 12 nitrogen and oxygen atoms in total. The number of Topliss-reactive ketones (excluding diaryl/α,β-unsaturated/α-hetero) is 2. The lowest BCUT2D eigenvalue weighted by atomic mass is 9.91. The zero-order valence-electron chi connectivity index (χ0n) is 34.9. The lowest BCUT2D eigenvalue weighted by molar-refractivity contribution is 0.0721. The van der Waals surface area contributed by atoms with Gasteiger partial charge < -0.3 is 39.0 Å². The number of aryl methyl sites for hydroxylation is 2. The highest BCUT2D eigenvalue weighted by atomic mass is 16.5. The quantitative estimate of drug-likeness (QED) is 0.0463. The minimum Gasteiger partial charge on any atom is -0.496 e. The molecule has 318 valence electrons. The summed E-state index contributed by atoms with van der Waals surface area (Å²) >= 11 is 0. The Bertz CT molecular complexity index is 2450. The van der Waals surface area contributed by atoms with E-state index < -0.39 is 25.2 Å². The standard InChI is InChI=1S/C50H46O12/c1-29-18-31(20-44(54)33-8-12-38(13-9-33)61-49(56)42-23-36(27-52)35(26-51)22-37(42)28-53)6-16-40(29)41-17-7-32(19-30(41)2)21-45(55)34-10-14-39(15-11-34)62-50(57)43-24-47(59-4)48(60-5)25-46(43)58-3/h6-19,22-25,51-53H,20-21,26-28H2,1-5H3. The Morgan fingerprint density at radius 3 is 1.29 bits per heavy atom. The van der Waals surface area contributed by atoms with Crippen LogP contribution in [-0.4, -0.2) is 60.2 Å². The van der Waals surface area contributed by atoms with Gasteiger partial charge in [-0.2, -0.15) is 0 Å². The Kier molecular flexibility index (Phi) is 14.3. The molecular weight excluding hydrogens is 793 g/mol. The molecule has 62 heavy (non-hydrogen) atoms. The first kappa shape index (κ1) is 44.4. The molecule has 12 heteroatoms. The van der Waals surface area contributed by atoms with Crippen LogP contribution >= 0.6 is 0 Å². The highest BCUT2D eigenvalue weighted by molar-refractivity contribution is 5.99. The third-order valence-electron chi connectivity index (χ3n) is 10.5. The van der Waals surface area contributed by atoms with Crippen LogP contribution in [0.5, 0.6) is 28.7 Å². The summed E-state index contributed by atoms with van der Waals surface area (Å²) in [5, 5.41) is 28.9. The highest BCUT2D eigenvalue weighted by Crippen LogP contribution is 2.35. The van der Waals surface area contributed by atoms with Gasteiger partial charge in [-0.15, -0.1) is 0 Å². The molecule has 0 unspecified atom stereocenters. The second-order valence-corrected chi connectivity index (χ2v) is 14.5. The van der Waals surface area contributed by atoms with Crippen molar-refractivity contribution >= 4 is 23.5 Å². The van der Waals surface area contributed by atoms with Crippen molar-refractivity contribution in [2.75, 3.05) is 21.3 Å². The molecule has 0 aliphatic carbocycles. The van der Waals surface area contributed by atoms with Crippen molar-refractivity contribution in [1.29, 1.82) is 0 Å². The van der Waals surface area contributed by atoms with E-state index in [1.807, 2.05) is 50.2 Å². The number of esters is 2. The van der Waals surface area contributed by atoms with Crippen molar-refractivity contribution in [1.82, 2.24) is 0 Å². The zero-order valence-corrected chi connectivity index (χ0v) is 34.9. The Morgan fingerprint density at radius 1 is 0.452 bits per heavy atom. The highest BCUT2D eigenvalue weighted by Gasteiger charge is 2.21. The molecule has 0 spiro atoms. The number of ketones is 2. The van der Waals surface area contributed by atoms with Crippen LogP contribution in [0.15, 0.2) is 109 Å². The monoisotopic (exact) mass is 838 g/mol. The number of hydrogen-bond acceptors (Lipinski definition) is 12. The largest absolute Gasteiger partial charge is 0.496 e. The summed E-state index contributed by atoms with van der Waals surface area (Å²) in [4.78, 5) is 52.5. The van der Waals surface area contributed by atoms with Crippen molar-refractivity contribution < 1.29 is 58.2 Å². The summed E-state index contributed by atoms with van der Waals surface area (Å²) in [6.45, 7) is 2.75. The first-order valence-corrected chi connectivity index (χ1v) is 19.6. The van der Waals surface area contributed by atoms with E-state index in [1.54, 1.807) is 36.4 Å². The zero-order chi connectivity index (χ0) is 44.5. The maximum Gasteiger partial charge on any atom is 0.347 e. The first-order chi connectivity index (χ1) is 29.9. The van der Waals surface area contributed by atoms with Gasteiger partial charge in [-0.1, -0.05) is 36.4 Å². The van der Waals surface area contributed by atoms with E-state index >= 15 is 0 Å². The molecule has 0 fully saturated rings. The van der Waals surface area contributed by atoms with Gasteiger partial charge in [0.15, 0.2) is 23.1 Å². The van der Waals surface area contributed by atoms with Crippen molar-refractivity contribution in [3.05, 3.63) is 170 Å². The molecule has 6 aromatic rings. The van der Waals surface area contributed by atoms with Gasteiger partial charge in [0.1, 0.15) is 22.8 Å². The number of carbonyl (C=O) groups is 4. The summed E-state index contributed by atoms with van der Waals surface area (Å²) in [6, 6.07) is 30.2. The molecule has 0 aromatic heterocycles. The molecule has 0 aliphatic heterocycles. The average Bonchev–Trinajstić information content (AvgIpc) is 3.28. The van der Waals surface area contributed by atoms with E-state index in [9.17, 15) is 34.5 Å². The normalized spacial score (nSPS) is 10.8. The third kappa shape index (κ3) is 10.1. The van der Waals surface area contributed by atoms with Gasteiger partial charge in [0, 0.05) is 36.1 Å². The average molecular weight is 839 g/mol. The van der Waals surface area contributed by atoms with Crippen LogP contribution in [0.1, 0.15) is 80.4 Å². The van der Waals surface area contributed by atoms with Crippen LogP contribution in [0.2, 0.25) is 0 Å². The Labute approximate surface area is 358 Å². The summed E-state index contributed by atoms with van der Waals surface area (Å²) in [5.74, 6) is -0.182. The molecule has 6 rings (SSSR count). The number of hydrogen-bond donors (Lipinski definition) is 3. The van der Waals surface area contributed by atoms with Crippen LogP contribution in [0.4, 0.5) is 0 Å². The fourth-order valence-corrected chi connectivity index (χ4v) is 7.14. The maximum atomic E-state index is 13.3. The summed E-state index contributed by atoms with van der Waals surface area (Å²) in [6.07, 6.45) is 0.319. The second-order valence-electron chi connectivity index (χ2n) is 14.5. The van der Waals surface area contributed by atoms with Gasteiger partial charge in [-0.3, -0.25) is 9.59 Å². The molecule has 3 N–H and O–H groups in total. The predicted octanol–water partition coefficient (Wildman–Crippen LogP) is 7.76. The van der Waals surface area contributed by atoms with Gasteiger partial charge in [-0.25, -0.2) is 9.59 Å². The summed E-state index contributed by atoms with van der Waals surface area (Å²) < 4.78 is 27.0. The Hall–Kier alpha value is -7.12. The molecular formula is C50H46O12. The van der Waals surface area contributed by atoms with Crippen molar-refractivity contribution in [3.8, 4) is 39.9 Å². The van der Waals surface area contributed by atoms with E-state index in [-0.39, 0.29) is 65.0 Å². The minimum atomic E-state index is -0.749. The maximum absolute atomic E-state index is 13.3. The van der Waals surface area contributed by atoms with Crippen LogP contribution in [-0.2, 0) is 32.7 Å². The number of aliphatic hydroxyl groups excluding tert-OH is 3. The number of carbonyl (C=O) groups excluding carboxylic acids is 4. The van der Waals surface area contributed by atoms with Crippen LogP contribution in [0.3, 0.4) is 0 Å². The predicted molar refractivity (Wildman–Crippen MR) is 231 cm³/mol. The Morgan fingerprint density at radius 2 is 0.871 bits per heavy atom. The number of rotatable bonds is 17. The van der Waals surface area contributed by atoms with Crippen molar-refractivity contribution in [2.45, 2.75) is 46.5 Å². The lowest BCUT2D eigenvalue weighted by Gasteiger charge is -2.14. The van der Waals surface area contributed by atoms with Gasteiger partial charge >= 0.3 is 11.9 Å². The molecule has 0 atom stereocenters. The molecule has 0 saturated heterocycles. The molecule has 0 bridgehead atoms. The van der Waals surface area contributed by atoms with Crippen molar-refractivity contribution in [3.63, 3.8) is 0 Å². The smallest absolute Gasteiger partial charge is 0.347 e. The third-order valence-corrected chi connectivity index (χ3v) is 10.5. The molecule has 6 aromatic carbocycles. The summed E-state index contributed by atoms with van der Waals surface area (Å²) in [7, 11) is 4.38. The first-order valence-electron chi connectivity index (χ1n) is 19.6. The SMILES string of the molecule is COc1cc(OC)c(C(=O)Oc2ccc(C(=O)Cc3ccc(-c4ccc(CC(=O)c5ccc(OC(=O)c6cc(CO)c(CO)cc6CO)cc5)cc4C)c(C)c3)cc2)cc1OC. The fraction of sp³-hybridized carbons (Fsp3) is 0.200. The van der Waals surface area contributed by atoms with Crippen LogP contribution in [0.25, 0.3) is 11.1 Å². The molecule has 0 amide bonds. The molecule has 0 heterocycles. The minimum absolute atomic E-state index is 0.0616. The van der Waals surface area contributed by atoms with Gasteiger partial charge in [0.2, 0.25) is 0 Å². The number of methoxy groups -OCH3 is 3. The van der Waals surface area contributed by atoms with Crippen molar-refractivity contribution in [2.24, 2.45) is 0 Å². The molecule has 0 saturated carbocycles. The molecule has 0 aliphatic rings. The van der Waals surface area contributed by atoms with Gasteiger partial charge in [0.05, 0.1) is 46.7 Å². The molecule has 0 radical (unpaired) electrons. The number of aliphatic hydroxyl groups is 3. The van der Waals surface area contributed by atoms with E-state index in [1.165, 1.54) is 57.7 Å². The van der Waals surface area contributed by atoms with Crippen LogP contribution in [0, 0.1) is 13.8 Å². The number of ether oxygens (including phenoxy) is 5. The van der Waals surface area contributed by atoms with Gasteiger partial charge in [0.25, 0.3) is 0 Å². The fourth-order valence-electron chi connectivity index (χ4n) is 7.14. The topological polar surface area (TPSA) is 175 Å². The van der Waals surface area contributed by atoms with E-state index in [0.717, 1.165) is 33.4 Å². The van der Waals surface area contributed by atoms with Crippen LogP contribution < -0.4 is 23.7 Å². The van der Waals surface area contributed by atoms with E-state index in [4.69, 9.17) is 23.7 Å².